The van der Waals surface area contributed by atoms with Gasteiger partial charge in [-0.2, -0.15) is 5.26 Å². The van der Waals surface area contributed by atoms with Crippen molar-refractivity contribution in [2.75, 3.05) is 5.73 Å². The fourth-order valence-corrected chi connectivity index (χ4v) is 2.53. The van der Waals surface area contributed by atoms with Crippen LogP contribution in [0.1, 0.15) is 11.1 Å². The molecule has 0 aliphatic heterocycles. The molecule has 1 aromatic rings. The van der Waals surface area contributed by atoms with E-state index in [-0.39, 0.29) is 0 Å². The Balaban J connectivity index is 3.52. The van der Waals surface area contributed by atoms with Gasteiger partial charge < -0.3 is 5.73 Å². The summed E-state index contributed by atoms with van der Waals surface area (Å²) in [6.07, 6.45) is 0. The van der Waals surface area contributed by atoms with Crippen molar-refractivity contribution in [2.24, 2.45) is 0 Å². The molecule has 0 aliphatic rings. The fraction of sp³-hybridized carbons (Fsp3) is 0.125. The average molecular weight is 384 g/mol. The second-order valence-corrected chi connectivity index (χ2v) is 4.61. The zero-order chi connectivity index (χ0) is 9.30. The molecule has 0 atom stereocenters. The number of nitrogens with two attached hydrogens (primary N) is 1. The third-order valence-corrected chi connectivity index (χ3v) is 3.90. The van der Waals surface area contributed by atoms with Crippen molar-refractivity contribution in [3.63, 3.8) is 0 Å². The Labute approximate surface area is 98.4 Å². The van der Waals surface area contributed by atoms with Gasteiger partial charge >= 0.3 is 0 Å². The molecule has 1 aromatic carbocycles. The lowest BCUT2D eigenvalue weighted by Crippen LogP contribution is -1.98. The first-order chi connectivity index (χ1) is 5.57. The van der Waals surface area contributed by atoms with E-state index in [1.807, 2.05) is 13.0 Å². The van der Waals surface area contributed by atoms with Crippen LogP contribution in [0.3, 0.4) is 0 Å². The summed E-state index contributed by atoms with van der Waals surface area (Å²) in [5, 5.41) is 8.76. The van der Waals surface area contributed by atoms with Gasteiger partial charge in [-0.05, 0) is 63.7 Å². The zero-order valence-electron chi connectivity index (χ0n) is 6.36. The van der Waals surface area contributed by atoms with Crippen LogP contribution in [-0.4, -0.2) is 0 Å². The van der Waals surface area contributed by atoms with Gasteiger partial charge in [-0.15, -0.1) is 0 Å². The molecule has 2 nitrogen and oxygen atoms in total. The monoisotopic (exact) mass is 384 g/mol. The van der Waals surface area contributed by atoms with Crippen molar-refractivity contribution in [3.05, 3.63) is 24.3 Å². The molecule has 0 saturated heterocycles. The highest BCUT2D eigenvalue weighted by Crippen LogP contribution is 2.27. The quantitative estimate of drug-likeness (QED) is 0.553. The van der Waals surface area contributed by atoms with E-state index < -0.39 is 0 Å². The molecule has 2 N–H and O–H groups in total. The molecule has 0 saturated carbocycles. The molecule has 0 heterocycles. The number of anilines is 1. The van der Waals surface area contributed by atoms with E-state index in [9.17, 15) is 0 Å². The van der Waals surface area contributed by atoms with Gasteiger partial charge in [-0.25, -0.2) is 0 Å². The number of nitrogen functional groups attached to an aromatic ring is 1. The Bertz CT molecular complexity index is 366. The summed E-state index contributed by atoms with van der Waals surface area (Å²) < 4.78 is 1.93. The average Bonchev–Trinajstić information content (AvgIpc) is 2.08. The van der Waals surface area contributed by atoms with Crippen LogP contribution in [0.4, 0.5) is 5.69 Å². The topological polar surface area (TPSA) is 49.8 Å². The first-order valence-corrected chi connectivity index (χ1v) is 5.38. The minimum absolute atomic E-state index is 0.706. The number of rotatable bonds is 0. The molecule has 0 aliphatic carbocycles. The van der Waals surface area contributed by atoms with Gasteiger partial charge in [0, 0.05) is 7.14 Å². The lowest BCUT2D eigenvalue weighted by atomic mass is 10.1. The second kappa shape index (κ2) is 3.79. The summed E-state index contributed by atoms with van der Waals surface area (Å²) >= 11 is 4.30. The molecule has 12 heavy (non-hydrogen) atoms. The van der Waals surface area contributed by atoms with Gasteiger partial charge in [-0.3, -0.25) is 0 Å². The number of benzene rings is 1. The maximum absolute atomic E-state index is 8.76. The minimum Gasteiger partial charge on any atom is -0.397 e. The van der Waals surface area contributed by atoms with Crippen LogP contribution in [0.5, 0.6) is 0 Å². The van der Waals surface area contributed by atoms with Crippen LogP contribution < -0.4 is 5.73 Å². The number of hydrogen-bond donors (Lipinski definition) is 1. The summed E-state index contributed by atoms with van der Waals surface area (Å²) in [4.78, 5) is 0. The Hall–Kier alpha value is -0.0300. The molecular formula is C8H6I2N2. The van der Waals surface area contributed by atoms with Gasteiger partial charge in [0.15, 0.2) is 0 Å². The van der Waals surface area contributed by atoms with Crippen LogP contribution in [0.25, 0.3) is 0 Å². The van der Waals surface area contributed by atoms with Crippen molar-refractivity contribution in [1.82, 2.24) is 0 Å². The molecule has 1 rings (SSSR count). The van der Waals surface area contributed by atoms with E-state index in [1.54, 1.807) is 0 Å². The van der Waals surface area contributed by atoms with E-state index in [0.29, 0.717) is 5.56 Å². The van der Waals surface area contributed by atoms with Gasteiger partial charge in [-0.1, -0.05) is 0 Å². The van der Waals surface area contributed by atoms with Crippen LogP contribution in [-0.2, 0) is 0 Å². The smallest absolute Gasteiger partial charge is 0.0995 e. The predicted octanol–water partition coefficient (Wildman–Crippen LogP) is 2.66. The lowest BCUT2D eigenvalue weighted by molar-refractivity contribution is 1.35. The largest absolute Gasteiger partial charge is 0.397 e. The summed E-state index contributed by atoms with van der Waals surface area (Å²) in [5.41, 5.74) is 8.23. The lowest BCUT2D eigenvalue weighted by Gasteiger charge is -2.06. The Morgan fingerprint density at radius 1 is 1.50 bits per heavy atom. The van der Waals surface area contributed by atoms with E-state index >= 15 is 0 Å². The van der Waals surface area contributed by atoms with Gasteiger partial charge in [0.05, 0.1) is 17.3 Å². The van der Waals surface area contributed by atoms with E-state index in [4.69, 9.17) is 11.0 Å². The Morgan fingerprint density at radius 3 is 2.58 bits per heavy atom. The Kier molecular flexibility index (Phi) is 3.17. The van der Waals surface area contributed by atoms with Crippen molar-refractivity contribution >= 4 is 50.9 Å². The van der Waals surface area contributed by atoms with E-state index in [1.165, 1.54) is 0 Å². The van der Waals surface area contributed by atoms with Crippen molar-refractivity contribution in [2.45, 2.75) is 6.92 Å². The maximum atomic E-state index is 8.76. The zero-order valence-corrected chi connectivity index (χ0v) is 10.7. The normalized spacial score (nSPS) is 9.50. The summed E-state index contributed by atoms with van der Waals surface area (Å²) in [6, 6.07) is 3.95. The summed E-state index contributed by atoms with van der Waals surface area (Å²) in [6.45, 7) is 1.91. The van der Waals surface area contributed by atoms with Crippen LogP contribution in [0.15, 0.2) is 6.07 Å². The first kappa shape index (κ1) is 10.1. The van der Waals surface area contributed by atoms with E-state index in [0.717, 1.165) is 18.4 Å². The molecule has 0 fully saturated rings. The van der Waals surface area contributed by atoms with E-state index in [2.05, 4.69) is 51.3 Å². The van der Waals surface area contributed by atoms with Crippen molar-refractivity contribution < 1.29 is 0 Å². The molecule has 62 valence electrons. The number of hydrogen-bond acceptors (Lipinski definition) is 2. The standard InChI is InChI=1S/C8H6I2N2/c1-4-5(3-11)2-6(9)8(12)7(4)10/h2H,12H2,1H3. The van der Waals surface area contributed by atoms with Crippen molar-refractivity contribution in [3.8, 4) is 6.07 Å². The fourth-order valence-electron chi connectivity index (χ4n) is 0.854. The minimum atomic E-state index is 0.706. The van der Waals surface area contributed by atoms with Crippen molar-refractivity contribution in [1.29, 1.82) is 5.26 Å². The summed E-state index contributed by atoms with van der Waals surface area (Å²) in [5.74, 6) is 0. The molecule has 0 unspecified atom stereocenters. The molecular weight excluding hydrogens is 378 g/mol. The molecule has 0 spiro atoms. The second-order valence-electron chi connectivity index (χ2n) is 2.37. The third kappa shape index (κ3) is 1.66. The highest BCUT2D eigenvalue weighted by atomic mass is 127. The first-order valence-electron chi connectivity index (χ1n) is 3.22. The SMILES string of the molecule is Cc1c(C#N)cc(I)c(N)c1I. The summed E-state index contributed by atoms with van der Waals surface area (Å²) in [7, 11) is 0. The highest BCUT2D eigenvalue weighted by Gasteiger charge is 2.08. The van der Waals surface area contributed by atoms with Gasteiger partial charge in [0.1, 0.15) is 0 Å². The molecule has 0 amide bonds. The molecule has 0 aromatic heterocycles. The number of nitriles is 1. The molecule has 0 radical (unpaired) electrons. The third-order valence-electron chi connectivity index (χ3n) is 1.62. The molecule has 0 bridgehead atoms. The Morgan fingerprint density at radius 2 is 2.08 bits per heavy atom. The van der Waals surface area contributed by atoms with Crippen LogP contribution in [0.2, 0.25) is 0 Å². The number of halogens is 2. The van der Waals surface area contributed by atoms with Gasteiger partial charge in [0.2, 0.25) is 0 Å². The number of nitrogens with zero attached hydrogens (tertiary/aromatic N) is 1. The van der Waals surface area contributed by atoms with Crippen LogP contribution >= 0.6 is 45.2 Å². The van der Waals surface area contributed by atoms with Gasteiger partial charge in [0.25, 0.3) is 0 Å². The highest BCUT2D eigenvalue weighted by molar-refractivity contribution is 14.1. The van der Waals surface area contributed by atoms with Crippen LogP contribution in [0, 0.1) is 25.4 Å². The predicted molar refractivity (Wildman–Crippen MR) is 65.7 cm³/mol. The molecule has 4 heteroatoms. The maximum Gasteiger partial charge on any atom is 0.0995 e.